The Hall–Kier alpha value is -3.10. The molecule has 2 aromatic carbocycles. The second-order valence-corrected chi connectivity index (χ2v) is 9.70. The topological polar surface area (TPSA) is 79.4 Å². The smallest absolute Gasteiger partial charge is 0.243 e. The summed E-state index contributed by atoms with van der Waals surface area (Å²) in [6.45, 7) is 0.478. The van der Waals surface area contributed by atoms with E-state index in [-0.39, 0.29) is 35.9 Å². The van der Waals surface area contributed by atoms with Crippen LogP contribution in [0.5, 0.6) is 0 Å². The lowest BCUT2D eigenvalue weighted by Crippen LogP contribution is -2.43. The Bertz CT molecular complexity index is 1110. The zero-order valence-corrected chi connectivity index (χ0v) is 18.2. The zero-order valence-electron chi connectivity index (χ0n) is 17.4. The van der Waals surface area contributed by atoms with Crippen LogP contribution < -0.4 is 5.32 Å². The summed E-state index contributed by atoms with van der Waals surface area (Å²) in [6.07, 6.45) is 4.22. The molecule has 4 rings (SSSR count). The highest BCUT2D eigenvalue weighted by atomic mass is 32.2. The van der Waals surface area contributed by atoms with Gasteiger partial charge < -0.3 is 5.32 Å². The molecule has 166 valence electrons. The first-order valence-corrected chi connectivity index (χ1v) is 11.9. The lowest BCUT2D eigenvalue weighted by molar-refractivity contribution is -0.126. The third kappa shape index (κ3) is 4.87. The maximum atomic E-state index is 13.2. The van der Waals surface area contributed by atoms with Crippen molar-refractivity contribution in [2.24, 2.45) is 5.92 Å². The average Bonchev–Trinajstić information content (AvgIpc) is 2.84. The van der Waals surface area contributed by atoms with Gasteiger partial charge in [0.05, 0.1) is 10.9 Å². The van der Waals surface area contributed by atoms with Gasteiger partial charge in [0.15, 0.2) is 0 Å². The largest absolute Gasteiger partial charge is 0.345 e. The van der Waals surface area contributed by atoms with E-state index < -0.39 is 15.8 Å². The van der Waals surface area contributed by atoms with Gasteiger partial charge in [-0.25, -0.2) is 12.8 Å². The molecule has 0 bridgehead atoms. The van der Waals surface area contributed by atoms with Gasteiger partial charge in [0.1, 0.15) is 5.82 Å². The molecule has 6 nitrogen and oxygen atoms in total. The summed E-state index contributed by atoms with van der Waals surface area (Å²) in [7, 11) is -3.71. The van der Waals surface area contributed by atoms with Crippen molar-refractivity contribution in [1.29, 1.82) is 0 Å². The lowest BCUT2D eigenvalue weighted by atomic mass is 9.94. The molecule has 1 aliphatic rings. The van der Waals surface area contributed by atoms with E-state index in [0.29, 0.717) is 12.8 Å². The molecule has 0 radical (unpaired) electrons. The van der Waals surface area contributed by atoms with E-state index in [1.807, 2.05) is 42.5 Å². The van der Waals surface area contributed by atoms with Crippen molar-refractivity contribution in [2.45, 2.75) is 23.8 Å². The fourth-order valence-electron chi connectivity index (χ4n) is 3.93. The number of aromatic nitrogens is 1. The molecule has 0 spiro atoms. The standard InChI is InChI=1S/C24H24FN3O3S/c25-21-6-8-22(9-7-21)32(30,31)28-16-12-20(13-17-28)24(29)27-23(18-4-2-1-3-5-18)19-10-14-26-15-11-19/h1-11,14-15,20,23H,12-13,16-17H2,(H,27,29). The first kappa shape index (κ1) is 22.1. The molecule has 1 aromatic heterocycles. The van der Waals surface area contributed by atoms with Gasteiger partial charge in [0.25, 0.3) is 0 Å². The lowest BCUT2D eigenvalue weighted by Gasteiger charge is -2.31. The van der Waals surface area contributed by atoms with E-state index in [2.05, 4.69) is 10.3 Å². The van der Waals surface area contributed by atoms with Crippen LogP contribution in [0.1, 0.15) is 30.0 Å². The molecule has 1 atom stereocenters. The monoisotopic (exact) mass is 453 g/mol. The summed E-state index contributed by atoms with van der Waals surface area (Å²) in [5, 5.41) is 3.13. The summed E-state index contributed by atoms with van der Waals surface area (Å²) >= 11 is 0. The third-order valence-corrected chi connectivity index (χ3v) is 7.65. The number of benzene rings is 2. The summed E-state index contributed by atoms with van der Waals surface area (Å²) in [5.41, 5.74) is 1.89. The third-order valence-electron chi connectivity index (χ3n) is 5.74. The van der Waals surface area contributed by atoms with Gasteiger partial charge in [-0.1, -0.05) is 30.3 Å². The van der Waals surface area contributed by atoms with Crippen LogP contribution in [0.3, 0.4) is 0 Å². The normalized spacial score (nSPS) is 16.4. The van der Waals surface area contributed by atoms with E-state index >= 15 is 0 Å². The molecule has 0 saturated carbocycles. The van der Waals surface area contributed by atoms with Gasteiger partial charge >= 0.3 is 0 Å². The van der Waals surface area contributed by atoms with Crippen molar-refractivity contribution < 1.29 is 17.6 Å². The summed E-state index contributed by atoms with van der Waals surface area (Å²) < 4.78 is 40.2. The van der Waals surface area contributed by atoms with E-state index in [4.69, 9.17) is 0 Å². The minimum atomic E-state index is -3.71. The van der Waals surface area contributed by atoms with Crippen LogP contribution in [0.15, 0.2) is 84.0 Å². The molecule has 8 heteroatoms. The fourth-order valence-corrected chi connectivity index (χ4v) is 5.40. The molecule has 0 aliphatic carbocycles. The molecule has 1 fully saturated rings. The van der Waals surface area contributed by atoms with Crippen molar-refractivity contribution in [3.63, 3.8) is 0 Å². The molecule has 1 unspecified atom stereocenters. The molecular weight excluding hydrogens is 429 g/mol. The van der Waals surface area contributed by atoms with Gasteiger partial charge in [-0.15, -0.1) is 0 Å². The minimum absolute atomic E-state index is 0.0589. The first-order valence-electron chi connectivity index (χ1n) is 10.5. The first-order chi connectivity index (χ1) is 15.4. The van der Waals surface area contributed by atoms with Gasteiger partial charge in [-0.3, -0.25) is 9.78 Å². The van der Waals surface area contributed by atoms with Gasteiger partial charge in [-0.05, 0) is 60.4 Å². The number of hydrogen-bond acceptors (Lipinski definition) is 4. The molecule has 2 heterocycles. The SMILES string of the molecule is O=C(NC(c1ccccc1)c1ccncc1)C1CCN(S(=O)(=O)c2ccc(F)cc2)CC1. The second kappa shape index (κ2) is 9.58. The van der Waals surface area contributed by atoms with Crippen LogP contribution >= 0.6 is 0 Å². The summed E-state index contributed by atoms with van der Waals surface area (Å²) in [6, 6.07) is 17.9. The number of sulfonamides is 1. The Morgan fingerprint density at radius 2 is 1.53 bits per heavy atom. The number of halogens is 1. The fraction of sp³-hybridized carbons (Fsp3) is 0.250. The summed E-state index contributed by atoms with van der Waals surface area (Å²) in [5.74, 6) is -0.876. The van der Waals surface area contributed by atoms with Crippen LogP contribution in [-0.4, -0.2) is 36.7 Å². The number of piperidine rings is 1. The number of hydrogen-bond donors (Lipinski definition) is 1. The molecule has 1 amide bonds. The predicted molar refractivity (Wildman–Crippen MR) is 119 cm³/mol. The van der Waals surface area contributed by atoms with E-state index in [0.717, 1.165) is 23.3 Å². The van der Waals surface area contributed by atoms with Gasteiger partial charge in [0.2, 0.25) is 15.9 Å². The second-order valence-electron chi connectivity index (χ2n) is 7.77. The Kier molecular flexibility index (Phi) is 6.62. The quantitative estimate of drug-likeness (QED) is 0.619. The number of nitrogens with one attached hydrogen (secondary N) is 1. The maximum absolute atomic E-state index is 13.2. The Labute approximate surface area is 187 Å². The Morgan fingerprint density at radius 1 is 0.938 bits per heavy atom. The van der Waals surface area contributed by atoms with Crippen molar-refractivity contribution in [3.05, 3.63) is 96.1 Å². The van der Waals surface area contributed by atoms with E-state index in [1.54, 1.807) is 12.4 Å². The van der Waals surface area contributed by atoms with Crippen LogP contribution in [0.2, 0.25) is 0 Å². The predicted octanol–water partition coefficient (Wildman–Crippen LogP) is 3.53. The van der Waals surface area contributed by atoms with E-state index in [9.17, 15) is 17.6 Å². The van der Waals surface area contributed by atoms with Crippen molar-refractivity contribution in [3.8, 4) is 0 Å². The number of rotatable bonds is 6. The van der Waals surface area contributed by atoms with E-state index in [1.165, 1.54) is 16.4 Å². The molecule has 3 aromatic rings. The highest BCUT2D eigenvalue weighted by molar-refractivity contribution is 7.89. The minimum Gasteiger partial charge on any atom is -0.345 e. The molecule has 1 saturated heterocycles. The van der Waals surface area contributed by atoms with Crippen molar-refractivity contribution in [1.82, 2.24) is 14.6 Å². The molecule has 1 N–H and O–H groups in total. The number of carbonyl (C=O) groups excluding carboxylic acids is 1. The maximum Gasteiger partial charge on any atom is 0.243 e. The van der Waals surface area contributed by atoms with Crippen LogP contribution in [0.25, 0.3) is 0 Å². The summed E-state index contributed by atoms with van der Waals surface area (Å²) in [4.78, 5) is 17.2. The Morgan fingerprint density at radius 3 is 2.16 bits per heavy atom. The number of carbonyl (C=O) groups is 1. The van der Waals surface area contributed by atoms with Gasteiger partial charge in [0, 0.05) is 31.4 Å². The number of nitrogens with zero attached hydrogens (tertiary/aromatic N) is 2. The number of amides is 1. The Balaban J connectivity index is 1.44. The average molecular weight is 454 g/mol. The highest BCUT2D eigenvalue weighted by Gasteiger charge is 2.33. The molecule has 1 aliphatic heterocycles. The van der Waals surface area contributed by atoms with Crippen LogP contribution in [-0.2, 0) is 14.8 Å². The van der Waals surface area contributed by atoms with Crippen molar-refractivity contribution in [2.75, 3.05) is 13.1 Å². The van der Waals surface area contributed by atoms with Crippen molar-refractivity contribution >= 4 is 15.9 Å². The number of pyridine rings is 1. The zero-order chi connectivity index (χ0) is 22.6. The van der Waals surface area contributed by atoms with Gasteiger partial charge in [-0.2, -0.15) is 4.31 Å². The van der Waals surface area contributed by atoms with Crippen LogP contribution in [0.4, 0.5) is 4.39 Å². The highest BCUT2D eigenvalue weighted by Crippen LogP contribution is 2.27. The van der Waals surface area contributed by atoms with Crippen LogP contribution in [0, 0.1) is 11.7 Å². The molecular formula is C24H24FN3O3S. The molecule has 32 heavy (non-hydrogen) atoms.